The van der Waals surface area contributed by atoms with Crippen LogP contribution in [0.25, 0.3) is 0 Å². The monoisotopic (exact) mass is 248 g/mol. The highest BCUT2D eigenvalue weighted by molar-refractivity contribution is 8.14. The van der Waals surface area contributed by atoms with Gasteiger partial charge in [0.15, 0.2) is 4.58 Å². The van der Waals surface area contributed by atoms with Gasteiger partial charge in [0, 0.05) is 12.3 Å². The highest BCUT2D eigenvalue weighted by Gasteiger charge is 2.30. The van der Waals surface area contributed by atoms with Gasteiger partial charge in [0.1, 0.15) is 6.26 Å². The van der Waals surface area contributed by atoms with Crippen molar-refractivity contribution in [3.8, 4) is 0 Å². The predicted molar refractivity (Wildman–Crippen MR) is 61.2 cm³/mol. The maximum atomic E-state index is 5.82. The minimum absolute atomic E-state index is 0.299. The summed E-state index contributed by atoms with van der Waals surface area (Å²) in [7, 11) is 0. The first-order valence-electron chi connectivity index (χ1n) is 4.01. The molecule has 0 fully saturated rings. The summed E-state index contributed by atoms with van der Waals surface area (Å²) in [5, 5.41) is 0. The molecule has 12 heavy (non-hydrogen) atoms. The van der Waals surface area contributed by atoms with Crippen molar-refractivity contribution in [1.29, 1.82) is 0 Å². The molecule has 0 radical (unpaired) electrons. The molecule has 2 atom stereocenters. The Bertz CT molecular complexity index is 175. The Morgan fingerprint density at radius 3 is 2.17 bits per heavy atom. The minimum Gasteiger partial charge on any atom is -0.348 e. The fourth-order valence-electron chi connectivity index (χ4n) is 0.832. The molecule has 0 aliphatic heterocycles. The van der Waals surface area contributed by atoms with E-state index < -0.39 is 10.8 Å². The molecule has 1 nitrogen and oxygen atoms in total. The third-order valence-electron chi connectivity index (χ3n) is 1.81. The molecule has 0 saturated heterocycles. The maximum Gasteiger partial charge on any atom is 0.158 e. The van der Waals surface area contributed by atoms with Gasteiger partial charge in [-0.3, -0.25) is 0 Å². The molecule has 0 aromatic heterocycles. The maximum absolute atomic E-state index is 5.82. The van der Waals surface area contributed by atoms with Crippen molar-refractivity contribution < 1.29 is 4.52 Å². The van der Waals surface area contributed by atoms with E-state index in [1.54, 1.807) is 0 Å². The minimum atomic E-state index is -2.02. The van der Waals surface area contributed by atoms with E-state index in [2.05, 4.69) is 6.92 Å². The summed E-state index contributed by atoms with van der Waals surface area (Å²) in [6, 6.07) is 0. The van der Waals surface area contributed by atoms with E-state index in [4.69, 9.17) is 39.5 Å². The fourth-order valence-corrected chi connectivity index (χ4v) is 4.75. The SMILES string of the molecule is CCOP(=S)(C(Cl)Cl)C(C)CC. The Labute approximate surface area is 89.9 Å². The van der Waals surface area contributed by atoms with E-state index in [-0.39, 0.29) is 0 Å². The standard InChI is InChI=1S/C7H15Cl2OPS/c1-4-6(3)11(12,7(8)9)10-5-2/h6-7H,4-5H2,1-3H3. The van der Waals surface area contributed by atoms with Gasteiger partial charge < -0.3 is 4.52 Å². The summed E-state index contributed by atoms with van der Waals surface area (Å²) in [6.07, 6.45) is -1.05. The lowest BCUT2D eigenvalue weighted by atomic mass is 10.4. The van der Waals surface area contributed by atoms with Gasteiger partial charge in [-0.25, -0.2) is 0 Å². The molecule has 5 heteroatoms. The van der Waals surface area contributed by atoms with E-state index >= 15 is 0 Å². The smallest absolute Gasteiger partial charge is 0.158 e. The Morgan fingerprint density at radius 2 is 1.92 bits per heavy atom. The summed E-state index contributed by atoms with van der Waals surface area (Å²) in [5.41, 5.74) is 0.299. The Hall–Kier alpha value is 1.19. The summed E-state index contributed by atoms with van der Waals surface area (Å²) in [4.78, 5) is 0. The molecule has 0 amide bonds. The third kappa shape index (κ3) is 3.16. The zero-order chi connectivity index (χ0) is 9.78. The molecule has 0 aliphatic rings. The second-order valence-electron chi connectivity index (χ2n) is 2.60. The molecule has 0 aromatic carbocycles. The first kappa shape index (κ1) is 13.2. The van der Waals surface area contributed by atoms with Gasteiger partial charge in [-0.05, 0) is 13.3 Å². The lowest BCUT2D eigenvalue weighted by Crippen LogP contribution is -2.10. The average Bonchev–Trinajstić information content (AvgIpc) is 2.03. The highest BCUT2D eigenvalue weighted by Crippen LogP contribution is 2.60. The quantitative estimate of drug-likeness (QED) is 0.538. The van der Waals surface area contributed by atoms with Crippen molar-refractivity contribution in [3.05, 3.63) is 0 Å². The number of hydrogen-bond donors (Lipinski definition) is 0. The van der Waals surface area contributed by atoms with Crippen LogP contribution in [0.1, 0.15) is 27.2 Å². The van der Waals surface area contributed by atoms with Crippen LogP contribution < -0.4 is 0 Å². The van der Waals surface area contributed by atoms with Crippen LogP contribution in [0.4, 0.5) is 0 Å². The number of rotatable bonds is 5. The topological polar surface area (TPSA) is 9.23 Å². The second-order valence-corrected chi connectivity index (χ2v) is 8.96. The van der Waals surface area contributed by atoms with Gasteiger partial charge in [0.05, 0.1) is 0 Å². The van der Waals surface area contributed by atoms with Gasteiger partial charge in [-0.2, -0.15) is 0 Å². The van der Waals surface area contributed by atoms with Crippen molar-refractivity contribution in [1.82, 2.24) is 0 Å². The molecule has 0 aromatic rings. The van der Waals surface area contributed by atoms with E-state index in [9.17, 15) is 0 Å². The van der Waals surface area contributed by atoms with Gasteiger partial charge >= 0.3 is 0 Å². The van der Waals surface area contributed by atoms with Gasteiger partial charge in [0.25, 0.3) is 0 Å². The zero-order valence-corrected chi connectivity index (χ0v) is 10.8. The Kier molecular flexibility index (Phi) is 6.40. The fraction of sp³-hybridized carbons (Fsp3) is 1.00. The second kappa shape index (κ2) is 5.82. The molecule has 2 unspecified atom stereocenters. The number of alkyl halides is 2. The van der Waals surface area contributed by atoms with Crippen molar-refractivity contribution in [2.45, 2.75) is 37.4 Å². The van der Waals surface area contributed by atoms with E-state index in [0.29, 0.717) is 12.3 Å². The first-order chi connectivity index (χ1) is 5.49. The third-order valence-corrected chi connectivity index (χ3v) is 9.07. The van der Waals surface area contributed by atoms with E-state index in [0.717, 1.165) is 6.42 Å². The summed E-state index contributed by atoms with van der Waals surface area (Å²) in [5.74, 6) is 0. The lowest BCUT2D eigenvalue weighted by Gasteiger charge is -2.28. The molecule has 0 saturated carbocycles. The van der Waals surface area contributed by atoms with Crippen LogP contribution in [0.15, 0.2) is 0 Å². The van der Waals surface area contributed by atoms with E-state index in [1.165, 1.54) is 0 Å². The summed E-state index contributed by atoms with van der Waals surface area (Å²) in [6.45, 7) is 6.63. The lowest BCUT2D eigenvalue weighted by molar-refractivity contribution is 0.371. The van der Waals surface area contributed by atoms with Gasteiger partial charge in [0.2, 0.25) is 0 Å². The molecular weight excluding hydrogens is 234 g/mol. The summed E-state index contributed by atoms with van der Waals surface area (Å²) < 4.78 is 4.97. The number of hydrogen-bond acceptors (Lipinski definition) is 2. The van der Waals surface area contributed by atoms with Crippen LogP contribution in [0.2, 0.25) is 0 Å². The van der Waals surface area contributed by atoms with Crippen LogP contribution in [0.3, 0.4) is 0 Å². The summed E-state index contributed by atoms with van der Waals surface area (Å²) >= 11 is 17.0. The Balaban J connectivity index is 4.50. The first-order valence-corrected chi connectivity index (χ1v) is 7.74. The molecule has 0 bridgehead atoms. The molecule has 74 valence electrons. The van der Waals surface area contributed by atoms with Crippen molar-refractivity contribution in [2.75, 3.05) is 6.61 Å². The molecule has 0 rings (SSSR count). The molecule has 0 spiro atoms. The number of halogens is 2. The average molecular weight is 249 g/mol. The zero-order valence-electron chi connectivity index (χ0n) is 7.59. The predicted octanol–water partition coefficient (Wildman–Crippen LogP) is 3.98. The van der Waals surface area contributed by atoms with Crippen LogP contribution in [-0.2, 0) is 16.3 Å². The van der Waals surface area contributed by atoms with Crippen LogP contribution in [-0.4, -0.2) is 16.8 Å². The Morgan fingerprint density at radius 1 is 1.42 bits per heavy atom. The van der Waals surface area contributed by atoms with Gasteiger partial charge in [-0.15, -0.1) is 0 Å². The van der Waals surface area contributed by atoms with Crippen LogP contribution >= 0.6 is 29.5 Å². The van der Waals surface area contributed by atoms with Crippen LogP contribution in [0.5, 0.6) is 0 Å². The van der Waals surface area contributed by atoms with Crippen molar-refractivity contribution >= 4 is 41.3 Å². The molecule has 0 N–H and O–H groups in total. The van der Waals surface area contributed by atoms with Crippen molar-refractivity contribution in [3.63, 3.8) is 0 Å². The van der Waals surface area contributed by atoms with Gasteiger partial charge in [-0.1, -0.05) is 48.9 Å². The van der Waals surface area contributed by atoms with E-state index in [1.807, 2.05) is 13.8 Å². The van der Waals surface area contributed by atoms with Crippen LogP contribution in [0, 0.1) is 0 Å². The van der Waals surface area contributed by atoms with Crippen molar-refractivity contribution in [2.24, 2.45) is 0 Å². The molecule has 0 aliphatic carbocycles. The molecule has 0 heterocycles. The largest absolute Gasteiger partial charge is 0.348 e. The molecular formula is C7H15Cl2OPS. The normalized spacial score (nSPS) is 19.2. The highest BCUT2D eigenvalue weighted by atomic mass is 35.5.